The molecule has 5 nitrogen and oxygen atoms in total. The average molecular weight is 206 g/mol. The molecule has 0 aromatic carbocycles. The zero-order valence-corrected chi connectivity index (χ0v) is 9.03. The molecule has 0 rings (SSSR count). The highest BCUT2D eigenvalue weighted by Gasteiger charge is 2.10. The Morgan fingerprint density at radius 1 is 1.36 bits per heavy atom. The van der Waals surface area contributed by atoms with Crippen LogP contribution in [0, 0.1) is 0 Å². The summed E-state index contributed by atoms with van der Waals surface area (Å²) in [5.41, 5.74) is 0.736. The molecule has 0 fully saturated rings. The van der Waals surface area contributed by atoms with Crippen molar-refractivity contribution in [3.63, 3.8) is 0 Å². The second-order valence-electron chi connectivity index (χ2n) is 3.70. The van der Waals surface area contributed by atoms with E-state index in [1.54, 1.807) is 0 Å². The van der Waals surface area contributed by atoms with Crippen LogP contribution in [0.3, 0.4) is 0 Å². The first-order valence-corrected chi connectivity index (χ1v) is 4.02. The van der Waals surface area contributed by atoms with E-state index in [2.05, 4.69) is 6.58 Å². The summed E-state index contributed by atoms with van der Waals surface area (Å²) < 4.78 is 0. The zero-order valence-electron chi connectivity index (χ0n) is 9.03. The van der Waals surface area contributed by atoms with Crippen LogP contribution in [0.1, 0.15) is 27.7 Å². The Hall–Kier alpha value is -1.07. The summed E-state index contributed by atoms with van der Waals surface area (Å²) in [6, 6.07) is 0. The molecule has 0 bridgehead atoms. The van der Waals surface area contributed by atoms with Gasteiger partial charge in [-0.15, -0.1) is 0 Å². The summed E-state index contributed by atoms with van der Waals surface area (Å²) in [4.78, 5) is 18.4. The molecule has 2 N–H and O–H groups in total. The number of hydrogen-bond donors (Lipinski definition) is 2. The summed E-state index contributed by atoms with van der Waals surface area (Å²) in [5, 5.41) is 13.9. The zero-order chi connectivity index (χ0) is 11.8. The molecule has 0 spiro atoms. The van der Waals surface area contributed by atoms with Gasteiger partial charge in [0.1, 0.15) is 6.61 Å². The maximum atomic E-state index is 8.56. The molecular formula is C9H18O5. The number of carboxylic acid groups (broad SMARTS) is 2. The SMILES string of the molecule is C=C(C)COOC(C)(C)C.O=C(O)O. The van der Waals surface area contributed by atoms with Gasteiger partial charge < -0.3 is 10.2 Å². The topological polar surface area (TPSA) is 76.0 Å². The van der Waals surface area contributed by atoms with Crippen molar-refractivity contribution in [1.82, 2.24) is 0 Å². The van der Waals surface area contributed by atoms with Crippen molar-refractivity contribution in [2.24, 2.45) is 0 Å². The summed E-state index contributed by atoms with van der Waals surface area (Å²) in [6.45, 7) is 11.8. The third-order valence-corrected chi connectivity index (χ3v) is 0.614. The Labute approximate surface area is 83.9 Å². The minimum Gasteiger partial charge on any atom is -0.450 e. The van der Waals surface area contributed by atoms with Crippen molar-refractivity contribution in [2.75, 3.05) is 6.61 Å². The van der Waals surface area contributed by atoms with Crippen LogP contribution < -0.4 is 0 Å². The number of carbonyl (C=O) groups is 1. The minimum absolute atomic E-state index is 0.227. The molecule has 5 heteroatoms. The van der Waals surface area contributed by atoms with E-state index in [1.165, 1.54) is 0 Å². The molecule has 0 aromatic rings. The lowest BCUT2D eigenvalue weighted by Crippen LogP contribution is -2.19. The van der Waals surface area contributed by atoms with Crippen molar-refractivity contribution in [3.05, 3.63) is 12.2 Å². The molecule has 0 aliphatic carbocycles. The summed E-state index contributed by atoms with van der Waals surface area (Å²) in [5.74, 6) is 0. The van der Waals surface area contributed by atoms with E-state index in [0.29, 0.717) is 6.61 Å². The van der Waals surface area contributed by atoms with Crippen LogP contribution in [0.25, 0.3) is 0 Å². The van der Waals surface area contributed by atoms with Gasteiger partial charge in [-0.2, -0.15) is 0 Å². The molecule has 0 saturated carbocycles. The summed E-state index contributed by atoms with van der Waals surface area (Å²) >= 11 is 0. The van der Waals surface area contributed by atoms with E-state index in [4.69, 9.17) is 24.8 Å². The Kier molecular flexibility index (Phi) is 8.08. The third-order valence-electron chi connectivity index (χ3n) is 0.614. The van der Waals surface area contributed by atoms with Gasteiger partial charge in [-0.25, -0.2) is 14.6 Å². The van der Waals surface area contributed by atoms with Gasteiger partial charge in [-0.05, 0) is 27.7 Å². The van der Waals surface area contributed by atoms with E-state index in [0.717, 1.165) is 5.57 Å². The van der Waals surface area contributed by atoms with Crippen LogP contribution in [0.5, 0.6) is 0 Å². The fraction of sp³-hybridized carbons (Fsp3) is 0.667. The van der Waals surface area contributed by atoms with Crippen LogP contribution >= 0.6 is 0 Å². The van der Waals surface area contributed by atoms with E-state index in [-0.39, 0.29) is 5.60 Å². The van der Waals surface area contributed by atoms with Crippen molar-refractivity contribution in [1.29, 1.82) is 0 Å². The van der Waals surface area contributed by atoms with Crippen LogP contribution in [-0.2, 0) is 9.78 Å². The molecule has 0 saturated heterocycles. The van der Waals surface area contributed by atoms with E-state index in [9.17, 15) is 0 Å². The first kappa shape index (κ1) is 15.4. The second-order valence-corrected chi connectivity index (χ2v) is 3.70. The molecule has 0 atom stereocenters. The first-order valence-electron chi connectivity index (χ1n) is 4.02. The Morgan fingerprint density at radius 3 is 1.93 bits per heavy atom. The Morgan fingerprint density at radius 2 is 1.71 bits per heavy atom. The number of hydrogen-bond acceptors (Lipinski definition) is 3. The molecule has 0 heterocycles. The van der Waals surface area contributed by atoms with E-state index < -0.39 is 6.16 Å². The highest BCUT2D eigenvalue weighted by molar-refractivity contribution is 5.53. The lowest BCUT2D eigenvalue weighted by Gasteiger charge is -2.17. The van der Waals surface area contributed by atoms with Crippen LogP contribution in [0.2, 0.25) is 0 Å². The van der Waals surface area contributed by atoms with Crippen molar-refractivity contribution in [2.45, 2.75) is 33.3 Å². The predicted molar refractivity (Wildman–Crippen MR) is 52.3 cm³/mol. The Bertz CT molecular complexity index is 176. The molecule has 84 valence electrons. The summed E-state index contributed by atoms with van der Waals surface area (Å²) in [6.07, 6.45) is -1.83. The predicted octanol–water partition coefficient (Wildman–Crippen LogP) is 2.53. The number of rotatable bonds is 3. The maximum absolute atomic E-state index is 8.56. The summed E-state index contributed by atoms with van der Waals surface area (Å²) in [7, 11) is 0. The normalized spacial score (nSPS) is 10.0. The third kappa shape index (κ3) is 30.6. The van der Waals surface area contributed by atoms with Gasteiger partial charge in [0.05, 0.1) is 5.60 Å². The minimum atomic E-state index is -1.83. The first-order chi connectivity index (χ1) is 6.15. The van der Waals surface area contributed by atoms with Crippen molar-refractivity contribution < 1.29 is 24.8 Å². The smallest absolute Gasteiger partial charge is 0.450 e. The molecule has 0 unspecified atom stereocenters. The van der Waals surface area contributed by atoms with Crippen molar-refractivity contribution in [3.8, 4) is 0 Å². The van der Waals surface area contributed by atoms with E-state index in [1.807, 2.05) is 27.7 Å². The highest BCUT2D eigenvalue weighted by Crippen LogP contribution is 2.07. The fourth-order valence-corrected chi connectivity index (χ4v) is 0.307. The van der Waals surface area contributed by atoms with Gasteiger partial charge in [-0.1, -0.05) is 12.2 Å². The molecular weight excluding hydrogens is 188 g/mol. The maximum Gasteiger partial charge on any atom is 0.503 e. The van der Waals surface area contributed by atoms with Gasteiger partial charge in [-0.3, -0.25) is 0 Å². The standard InChI is InChI=1S/C8H16O2.CH2O3/c1-7(2)6-9-10-8(3,4)5;2-1(3)4/h1,6H2,2-5H3;(H2,2,3,4). The quantitative estimate of drug-likeness (QED) is 0.421. The van der Waals surface area contributed by atoms with Crippen LogP contribution in [-0.4, -0.2) is 28.6 Å². The van der Waals surface area contributed by atoms with Gasteiger partial charge in [0.2, 0.25) is 0 Å². The largest absolute Gasteiger partial charge is 0.503 e. The second kappa shape index (κ2) is 7.34. The van der Waals surface area contributed by atoms with Crippen molar-refractivity contribution >= 4 is 6.16 Å². The van der Waals surface area contributed by atoms with Crippen LogP contribution in [0.4, 0.5) is 4.79 Å². The lowest BCUT2D eigenvalue weighted by molar-refractivity contribution is -0.343. The Balaban J connectivity index is 0. The molecule has 0 radical (unpaired) electrons. The van der Waals surface area contributed by atoms with Gasteiger partial charge >= 0.3 is 6.16 Å². The van der Waals surface area contributed by atoms with Crippen LogP contribution in [0.15, 0.2) is 12.2 Å². The average Bonchev–Trinajstić information content (AvgIpc) is 1.80. The van der Waals surface area contributed by atoms with Gasteiger partial charge in [0.25, 0.3) is 0 Å². The molecule has 0 aliphatic heterocycles. The molecule has 0 aliphatic rings. The lowest BCUT2D eigenvalue weighted by atomic mass is 10.2. The molecule has 14 heavy (non-hydrogen) atoms. The monoisotopic (exact) mass is 206 g/mol. The van der Waals surface area contributed by atoms with Gasteiger partial charge in [0.15, 0.2) is 0 Å². The fourth-order valence-electron chi connectivity index (χ4n) is 0.307. The van der Waals surface area contributed by atoms with Gasteiger partial charge in [0, 0.05) is 0 Å². The van der Waals surface area contributed by atoms with E-state index >= 15 is 0 Å². The highest BCUT2D eigenvalue weighted by atomic mass is 17.2. The molecule has 0 amide bonds. The molecule has 0 aromatic heterocycles.